The number of hydrogen-bond acceptors (Lipinski definition) is 4. The Bertz CT molecular complexity index is 1020. The van der Waals surface area contributed by atoms with Gasteiger partial charge in [-0.25, -0.2) is 0 Å². The summed E-state index contributed by atoms with van der Waals surface area (Å²) < 4.78 is 8.80. The molecule has 0 N–H and O–H groups in total. The molecule has 98 valence electrons. The van der Waals surface area contributed by atoms with Gasteiger partial charge in [-0.15, -0.1) is 45.3 Å². The average Bonchev–Trinajstić information content (AvgIpc) is 3.07. The van der Waals surface area contributed by atoms with E-state index in [4.69, 9.17) is 0 Å². The van der Waals surface area contributed by atoms with Gasteiger partial charge >= 0.3 is 0 Å². The van der Waals surface area contributed by atoms with Crippen molar-refractivity contribution in [3.63, 3.8) is 0 Å². The largest absolute Gasteiger partial charge is 0.139 e. The normalized spacial score (nSPS) is 12.5. The van der Waals surface area contributed by atoms with Gasteiger partial charge in [0.1, 0.15) is 0 Å². The van der Waals surface area contributed by atoms with Crippen LogP contribution in [-0.4, -0.2) is 0 Å². The Kier molecular flexibility index (Phi) is 2.24. The molecule has 5 aromatic rings. The first-order valence-electron chi connectivity index (χ1n) is 6.45. The zero-order valence-corrected chi connectivity index (χ0v) is 14.2. The van der Waals surface area contributed by atoms with E-state index in [1.807, 2.05) is 45.3 Å². The Morgan fingerprint density at radius 2 is 1.05 bits per heavy atom. The lowest BCUT2D eigenvalue weighted by atomic mass is 10.2. The van der Waals surface area contributed by atoms with E-state index < -0.39 is 0 Å². The van der Waals surface area contributed by atoms with Crippen molar-refractivity contribution in [1.29, 1.82) is 0 Å². The predicted octanol–water partition coefficient (Wildman–Crippen LogP) is 7.16. The molecule has 0 spiro atoms. The Morgan fingerprint density at radius 3 is 1.50 bits per heavy atom. The number of thiophene rings is 4. The van der Waals surface area contributed by atoms with Gasteiger partial charge in [0.15, 0.2) is 0 Å². The molecule has 0 unspecified atom stereocenters. The predicted molar refractivity (Wildman–Crippen MR) is 97.4 cm³/mol. The Hall–Kier alpha value is -0.940. The first-order valence-corrected chi connectivity index (χ1v) is 9.71. The molecule has 0 aliphatic carbocycles. The van der Waals surface area contributed by atoms with Crippen LogP contribution in [0, 0.1) is 13.8 Å². The van der Waals surface area contributed by atoms with Gasteiger partial charge in [0.2, 0.25) is 0 Å². The van der Waals surface area contributed by atoms with E-state index in [1.165, 1.54) is 48.7 Å². The molecule has 0 aliphatic heterocycles. The van der Waals surface area contributed by atoms with Crippen LogP contribution in [0.25, 0.3) is 39.0 Å². The van der Waals surface area contributed by atoms with E-state index in [0.717, 1.165) is 0 Å². The van der Waals surface area contributed by atoms with Crippen molar-refractivity contribution in [2.24, 2.45) is 0 Å². The van der Waals surface area contributed by atoms with Crippen LogP contribution in [0.2, 0.25) is 0 Å². The molecule has 5 rings (SSSR count). The minimum atomic E-state index is 1.41. The third-order valence-electron chi connectivity index (χ3n) is 3.67. The van der Waals surface area contributed by atoms with Crippen LogP contribution >= 0.6 is 45.3 Å². The van der Waals surface area contributed by atoms with Crippen LogP contribution in [0.1, 0.15) is 9.75 Å². The van der Waals surface area contributed by atoms with Gasteiger partial charge in [-0.3, -0.25) is 0 Å². The summed E-state index contributed by atoms with van der Waals surface area (Å²) in [6.07, 6.45) is 0. The van der Waals surface area contributed by atoms with Gasteiger partial charge in [0.25, 0.3) is 0 Å². The monoisotopic (exact) mass is 330 g/mol. The molecule has 4 heteroatoms. The van der Waals surface area contributed by atoms with E-state index in [-0.39, 0.29) is 0 Å². The molecule has 0 saturated heterocycles. The van der Waals surface area contributed by atoms with Gasteiger partial charge in [-0.2, -0.15) is 0 Å². The third-order valence-corrected chi connectivity index (χ3v) is 8.56. The fourth-order valence-electron chi connectivity index (χ4n) is 2.85. The molecule has 0 nitrogen and oxygen atoms in total. The fourth-order valence-corrected chi connectivity index (χ4v) is 8.04. The number of aryl methyl sites for hydroxylation is 2. The summed E-state index contributed by atoms with van der Waals surface area (Å²) in [7, 11) is 0. The lowest BCUT2D eigenvalue weighted by molar-refractivity contribution is 1.66. The highest BCUT2D eigenvalue weighted by atomic mass is 32.1. The van der Waals surface area contributed by atoms with Crippen molar-refractivity contribution in [1.82, 2.24) is 0 Å². The third kappa shape index (κ3) is 1.40. The van der Waals surface area contributed by atoms with Crippen LogP contribution in [0.4, 0.5) is 0 Å². The molecule has 0 atom stereocenters. The van der Waals surface area contributed by atoms with Crippen LogP contribution in [-0.2, 0) is 0 Å². The van der Waals surface area contributed by atoms with Crippen LogP contribution in [0.5, 0.6) is 0 Å². The molecule has 0 amide bonds. The molecular formula is C16H10S4. The summed E-state index contributed by atoms with van der Waals surface area (Å²) in [6.45, 7) is 4.40. The minimum Gasteiger partial charge on any atom is -0.139 e. The van der Waals surface area contributed by atoms with Gasteiger partial charge in [-0.1, -0.05) is 12.1 Å². The van der Waals surface area contributed by atoms with Crippen LogP contribution < -0.4 is 0 Å². The standard InChI is InChI=1S/C16H10S4/c1-7-5-11-13(17-7)9-3-4-10-14-12(6-8(2)18-14)20-16(10)15(9)19-11/h3-6H,1-2H3. The summed E-state index contributed by atoms with van der Waals surface area (Å²) in [6, 6.07) is 9.31. The maximum atomic E-state index is 2.33. The van der Waals surface area contributed by atoms with Crippen LogP contribution in [0.3, 0.4) is 0 Å². The van der Waals surface area contributed by atoms with Crippen molar-refractivity contribution >= 4 is 84.3 Å². The summed E-state index contributed by atoms with van der Waals surface area (Å²) >= 11 is 7.77. The topological polar surface area (TPSA) is 0 Å². The molecular weight excluding hydrogens is 320 g/mol. The Morgan fingerprint density at radius 1 is 0.600 bits per heavy atom. The molecule has 20 heavy (non-hydrogen) atoms. The van der Waals surface area contributed by atoms with Crippen molar-refractivity contribution < 1.29 is 0 Å². The van der Waals surface area contributed by atoms with Gasteiger partial charge < -0.3 is 0 Å². The van der Waals surface area contributed by atoms with Crippen molar-refractivity contribution in [3.8, 4) is 0 Å². The highest BCUT2D eigenvalue weighted by molar-refractivity contribution is 7.38. The summed E-state index contributed by atoms with van der Waals surface area (Å²) in [5, 5.41) is 2.89. The highest BCUT2D eigenvalue weighted by Gasteiger charge is 2.15. The second-order valence-corrected chi connectivity index (χ2v) is 9.74. The van der Waals surface area contributed by atoms with E-state index in [9.17, 15) is 0 Å². The summed E-state index contributed by atoms with van der Waals surface area (Å²) in [5.74, 6) is 0. The fraction of sp³-hybridized carbons (Fsp3) is 0.125. The first-order chi connectivity index (χ1) is 9.70. The molecule has 4 heterocycles. The molecule has 0 saturated carbocycles. The van der Waals surface area contributed by atoms with E-state index in [1.54, 1.807) is 0 Å². The smallest absolute Gasteiger partial charge is 0.0542 e. The number of hydrogen-bond donors (Lipinski definition) is 0. The number of fused-ring (bicyclic) bond motifs is 7. The molecule has 0 bridgehead atoms. The lowest BCUT2D eigenvalue weighted by Gasteiger charge is -1.93. The van der Waals surface area contributed by atoms with E-state index in [0.29, 0.717) is 0 Å². The van der Waals surface area contributed by atoms with Gasteiger partial charge in [0.05, 0.1) is 18.8 Å². The SMILES string of the molecule is Cc1cc2sc3c(ccc4c5sc(C)cc5sc43)c2s1. The Labute approximate surface area is 131 Å². The molecule has 0 radical (unpaired) electrons. The van der Waals surface area contributed by atoms with Crippen LogP contribution in [0.15, 0.2) is 24.3 Å². The minimum absolute atomic E-state index is 1.41. The Balaban J connectivity index is 2.03. The molecule has 4 aromatic heterocycles. The quantitative estimate of drug-likeness (QED) is 0.282. The molecule has 0 fully saturated rings. The lowest BCUT2D eigenvalue weighted by Crippen LogP contribution is -1.64. The van der Waals surface area contributed by atoms with E-state index in [2.05, 4.69) is 38.1 Å². The van der Waals surface area contributed by atoms with Gasteiger partial charge in [-0.05, 0) is 26.0 Å². The highest BCUT2D eigenvalue weighted by Crippen LogP contribution is 2.47. The second-order valence-electron chi connectivity index (χ2n) is 5.12. The number of rotatable bonds is 0. The van der Waals surface area contributed by atoms with Gasteiger partial charge in [0, 0.05) is 29.9 Å². The zero-order valence-electron chi connectivity index (χ0n) is 10.9. The first kappa shape index (κ1) is 11.7. The maximum Gasteiger partial charge on any atom is 0.0542 e. The second kappa shape index (κ2) is 3.83. The molecule has 0 aliphatic rings. The average molecular weight is 331 g/mol. The maximum absolute atomic E-state index is 2.33. The van der Waals surface area contributed by atoms with Crippen molar-refractivity contribution in [3.05, 3.63) is 34.0 Å². The van der Waals surface area contributed by atoms with Crippen molar-refractivity contribution in [2.75, 3.05) is 0 Å². The summed E-state index contributed by atoms with van der Waals surface area (Å²) in [4.78, 5) is 2.83. The van der Waals surface area contributed by atoms with E-state index >= 15 is 0 Å². The molecule has 1 aromatic carbocycles. The van der Waals surface area contributed by atoms with Crippen molar-refractivity contribution in [2.45, 2.75) is 13.8 Å². The summed E-state index contributed by atoms with van der Waals surface area (Å²) in [5.41, 5.74) is 0. The zero-order chi connectivity index (χ0) is 13.4. The number of benzene rings is 1.